The van der Waals surface area contributed by atoms with Crippen LogP contribution in [0.2, 0.25) is 0 Å². The molecule has 0 aromatic heterocycles. The van der Waals surface area contributed by atoms with E-state index in [1.807, 2.05) is 6.08 Å². The van der Waals surface area contributed by atoms with Gasteiger partial charge in [-0.1, -0.05) is 27.4 Å². The number of hydrogen-bond acceptors (Lipinski definition) is 2. The molecular formula is C10H16N2. The van der Waals surface area contributed by atoms with Gasteiger partial charge in [-0.25, -0.2) is 4.99 Å². The van der Waals surface area contributed by atoms with Crippen molar-refractivity contribution in [3.05, 3.63) is 24.0 Å². The Kier molecular flexibility index (Phi) is 2.69. The summed E-state index contributed by atoms with van der Waals surface area (Å²) in [5.74, 6) is 1.47. The zero-order valence-corrected chi connectivity index (χ0v) is 8.02. The van der Waals surface area contributed by atoms with E-state index in [0.29, 0.717) is 5.92 Å². The SMILES string of the molecule is C=C1C=C(CC)N=C(C(C)C)N1. The number of aliphatic imine (C=N–C) groups is 1. The van der Waals surface area contributed by atoms with E-state index in [1.165, 1.54) is 0 Å². The molecule has 1 aliphatic rings. The predicted octanol–water partition coefficient (Wildman–Crippen LogP) is 2.45. The Morgan fingerprint density at radius 1 is 1.58 bits per heavy atom. The summed E-state index contributed by atoms with van der Waals surface area (Å²) in [5.41, 5.74) is 2.06. The minimum absolute atomic E-state index is 0.442. The molecule has 0 aromatic carbocycles. The fraction of sp³-hybridized carbons (Fsp3) is 0.500. The smallest absolute Gasteiger partial charge is 0.109 e. The Hall–Kier alpha value is -1.05. The number of nitrogens with one attached hydrogen (secondary N) is 1. The summed E-state index contributed by atoms with van der Waals surface area (Å²) in [6.07, 6.45) is 2.96. The fourth-order valence-electron chi connectivity index (χ4n) is 1.07. The average Bonchev–Trinajstić information content (AvgIpc) is 2.03. The van der Waals surface area contributed by atoms with Crippen LogP contribution in [0, 0.1) is 5.92 Å². The van der Waals surface area contributed by atoms with Crippen molar-refractivity contribution >= 4 is 5.84 Å². The summed E-state index contributed by atoms with van der Waals surface area (Å²) in [5, 5.41) is 3.16. The van der Waals surface area contributed by atoms with Gasteiger partial charge in [0, 0.05) is 17.3 Å². The van der Waals surface area contributed by atoms with Gasteiger partial charge in [-0.2, -0.15) is 0 Å². The summed E-state index contributed by atoms with van der Waals surface area (Å²) in [4.78, 5) is 4.46. The third kappa shape index (κ3) is 1.97. The lowest BCUT2D eigenvalue weighted by molar-refractivity contribution is 0.823. The first kappa shape index (κ1) is 9.04. The fourth-order valence-corrected chi connectivity index (χ4v) is 1.07. The van der Waals surface area contributed by atoms with Gasteiger partial charge in [0.1, 0.15) is 5.84 Å². The van der Waals surface area contributed by atoms with Crippen LogP contribution in [-0.2, 0) is 0 Å². The Morgan fingerprint density at radius 2 is 2.25 bits per heavy atom. The van der Waals surface area contributed by atoms with Gasteiger partial charge >= 0.3 is 0 Å². The molecular weight excluding hydrogens is 148 g/mol. The van der Waals surface area contributed by atoms with Gasteiger partial charge in [-0.05, 0) is 12.5 Å². The Morgan fingerprint density at radius 3 is 2.75 bits per heavy atom. The molecule has 0 aliphatic carbocycles. The molecule has 0 radical (unpaired) electrons. The zero-order chi connectivity index (χ0) is 9.14. The molecule has 1 heterocycles. The number of allylic oxidation sites excluding steroid dienone is 2. The molecule has 2 nitrogen and oxygen atoms in total. The van der Waals surface area contributed by atoms with Crippen LogP contribution < -0.4 is 5.32 Å². The van der Waals surface area contributed by atoms with Gasteiger partial charge in [0.05, 0.1) is 0 Å². The average molecular weight is 164 g/mol. The molecule has 66 valence electrons. The monoisotopic (exact) mass is 164 g/mol. The van der Waals surface area contributed by atoms with Crippen molar-refractivity contribution in [2.75, 3.05) is 0 Å². The van der Waals surface area contributed by atoms with Gasteiger partial charge < -0.3 is 5.32 Å². The van der Waals surface area contributed by atoms with Crippen LogP contribution >= 0.6 is 0 Å². The molecule has 0 aromatic rings. The highest BCUT2D eigenvalue weighted by Crippen LogP contribution is 2.13. The molecule has 12 heavy (non-hydrogen) atoms. The van der Waals surface area contributed by atoms with Gasteiger partial charge in [-0.15, -0.1) is 0 Å². The highest BCUT2D eigenvalue weighted by atomic mass is 15.0. The van der Waals surface area contributed by atoms with Crippen LogP contribution in [0.1, 0.15) is 27.2 Å². The quantitative estimate of drug-likeness (QED) is 0.666. The molecule has 0 spiro atoms. The summed E-state index contributed by atoms with van der Waals surface area (Å²) < 4.78 is 0. The van der Waals surface area contributed by atoms with E-state index in [2.05, 4.69) is 37.7 Å². The van der Waals surface area contributed by atoms with Crippen molar-refractivity contribution in [1.82, 2.24) is 5.32 Å². The lowest BCUT2D eigenvalue weighted by atomic mass is 10.1. The van der Waals surface area contributed by atoms with E-state index in [-0.39, 0.29) is 0 Å². The van der Waals surface area contributed by atoms with E-state index >= 15 is 0 Å². The van der Waals surface area contributed by atoms with E-state index in [4.69, 9.17) is 0 Å². The van der Waals surface area contributed by atoms with Gasteiger partial charge in [0.15, 0.2) is 0 Å². The van der Waals surface area contributed by atoms with Crippen LogP contribution in [0.4, 0.5) is 0 Å². The third-order valence-electron chi connectivity index (χ3n) is 1.80. The summed E-state index contributed by atoms with van der Waals surface area (Å²) in [6, 6.07) is 0. The van der Waals surface area contributed by atoms with Crippen molar-refractivity contribution in [1.29, 1.82) is 0 Å². The maximum Gasteiger partial charge on any atom is 0.109 e. The molecule has 2 heteroatoms. The first-order chi connectivity index (χ1) is 5.63. The first-order valence-electron chi connectivity index (χ1n) is 4.38. The molecule has 1 N–H and O–H groups in total. The largest absolute Gasteiger partial charge is 0.344 e. The normalized spacial score (nSPS) is 17.2. The van der Waals surface area contributed by atoms with Crippen LogP contribution in [0.5, 0.6) is 0 Å². The van der Waals surface area contributed by atoms with Crippen molar-refractivity contribution in [2.24, 2.45) is 10.9 Å². The Bertz CT molecular complexity index is 247. The molecule has 0 atom stereocenters. The lowest BCUT2D eigenvalue weighted by Crippen LogP contribution is -2.29. The number of rotatable bonds is 2. The van der Waals surface area contributed by atoms with Crippen LogP contribution in [0.3, 0.4) is 0 Å². The first-order valence-corrected chi connectivity index (χ1v) is 4.38. The minimum Gasteiger partial charge on any atom is -0.344 e. The molecule has 1 rings (SSSR count). The maximum absolute atomic E-state index is 4.46. The highest BCUT2D eigenvalue weighted by molar-refractivity contribution is 5.87. The lowest BCUT2D eigenvalue weighted by Gasteiger charge is -2.18. The van der Waals surface area contributed by atoms with Crippen molar-refractivity contribution in [2.45, 2.75) is 27.2 Å². The number of nitrogens with zero attached hydrogens (tertiary/aromatic N) is 1. The molecule has 1 aliphatic heterocycles. The van der Waals surface area contributed by atoms with Crippen LogP contribution in [0.25, 0.3) is 0 Å². The molecule has 0 bridgehead atoms. The van der Waals surface area contributed by atoms with Crippen LogP contribution in [0.15, 0.2) is 29.0 Å². The van der Waals surface area contributed by atoms with E-state index in [9.17, 15) is 0 Å². The number of amidine groups is 1. The van der Waals surface area contributed by atoms with Gasteiger partial charge in [0.25, 0.3) is 0 Å². The standard InChI is InChI=1S/C10H16N2/c1-5-9-6-8(4)11-10(12-9)7(2)3/h6-7H,4-5H2,1-3H3,(H,11,12). The molecule has 0 amide bonds. The minimum atomic E-state index is 0.442. The van der Waals surface area contributed by atoms with Crippen LogP contribution in [-0.4, -0.2) is 5.84 Å². The summed E-state index contributed by atoms with van der Waals surface area (Å²) in [6.45, 7) is 10.2. The zero-order valence-electron chi connectivity index (χ0n) is 8.02. The topological polar surface area (TPSA) is 24.4 Å². The predicted molar refractivity (Wildman–Crippen MR) is 52.9 cm³/mol. The van der Waals surface area contributed by atoms with Crippen molar-refractivity contribution in [3.8, 4) is 0 Å². The van der Waals surface area contributed by atoms with E-state index in [0.717, 1.165) is 23.7 Å². The van der Waals surface area contributed by atoms with Crippen molar-refractivity contribution in [3.63, 3.8) is 0 Å². The second-order valence-electron chi connectivity index (χ2n) is 3.29. The molecule has 0 unspecified atom stereocenters. The second-order valence-corrected chi connectivity index (χ2v) is 3.29. The Balaban J connectivity index is 2.85. The molecule has 0 fully saturated rings. The van der Waals surface area contributed by atoms with E-state index in [1.54, 1.807) is 0 Å². The highest BCUT2D eigenvalue weighted by Gasteiger charge is 2.10. The Labute approximate surface area is 74.1 Å². The second kappa shape index (κ2) is 3.57. The number of hydrogen-bond donors (Lipinski definition) is 1. The van der Waals surface area contributed by atoms with Gasteiger partial charge in [-0.3, -0.25) is 0 Å². The third-order valence-corrected chi connectivity index (χ3v) is 1.80. The molecule has 0 saturated carbocycles. The van der Waals surface area contributed by atoms with Gasteiger partial charge in [0.2, 0.25) is 0 Å². The summed E-state index contributed by atoms with van der Waals surface area (Å²) >= 11 is 0. The van der Waals surface area contributed by atoms with Crippen molar-refractivity contribution < 1.29 is 0 Å². The maximum atomic E-state index is 4.46. The van der Waals surface area contributed by atoms with E-state index < -0.39 is 0 Å². The molecule has 0 saturated heterocycles. The summed E-state index contributed by atoms with van der Waals surface area (Å²) in [7, 11) is 0.